The number of halogens is 2. The van der Waals surface area contributed by atoms with Crippen LogP contribution in [0, 0.1) is 28.9 Å². The second-order valence-corrected chi connectivity index (χ2v) is 3.00. The Morgan fingerprint density at radius 1 is 1.50 bits per heavy atom. The highest BCUT2D eigenvalue weighted by molar-refractivity contribution is 5.67. The van der Waals surface area contributed by atoms with E-state index in [1.54, 1.807) is 6.92 Å². The number of allylic oxidation sites excluding steroid dienone is 1. The average Bonchev–Trinajstić information content (AvgIpc) is 2.19. The molecule has 14 heavy (non-hydrogen) atoms. The Bertz CT molecular complexity index is 404. The van der Waals surface area contributed by atoms with Gasteiger partial charge in [0.2, 0.25) is 0 Å². The van der Waals surface area contributed by atoms with Gasteiger partial charge in [0.1, 0.15) is 11.6 Å². The quantitative estimate of drug-likeness (QED) is 0.707. The number of hydrogen-bond acceptors (Lipinski definition) is 1. The zero-order valence-electron chi connectivity index (χ0n) is 7.72. The first kappa shape index (κ1) is 10.4. The summed E-state index contributed by atoms with van der Waals surface area (Å²) in [6, 6.07) is 5.03. The SMILES string of the molecule is C=C(c1cc(F)ccc1F)C(C)C#N. The number of hydrogen-bond donors (Lipinski definition) is 0. The third-order valence-corrected chi connectivity index (χ3v) is 1.99. The van der Waals surface area contributed by atoms with E-state index in [2.05, 4.69) is 6.58 Å². The van der Waals surface area contributed by atoms with Crippen molar-refractivity contribution in [2.75, 3.05) is 0 Å². The second-order valence-electron chi connectivity index (χ2n) is 3.00. The minimum absolute atomic E-state index is 0.0686. The van der Waals surface area contributed by atoms with Crippen LogP contribution in [0.4, 0.5) is 8.78 Å². The summed E-state index contributed by atoms with van der Waals surface area (Å²) >= 11 is 0. The van der Waals surface area contributed by atoms with Crippen LogP contribution in [0.5, 0.6) is 0 Å². The Morgan fingerprint density at radius 2 is 2.14 bits per heavy atom. The smallest absolute Gasteiger partial charge is 0.130 e. The Morgan fingerprint density at radius 3 is 2.71 bits per heavy atom. The minimum atomic E-state index is -0.557. The van der Waals surface area contributed by atoms with Gasteiger partial charge in [-0.15, -0.1) is 0 Å². The van der Waals surface area contributed by atoms with E-state index in [9.17, 15) is 8.78 Å². The third kappa shape index (κ3) is 1.97. The van der Waals surface area contributed by atoms with Crippen molar-refractivity contribution < 1.29 is 8.78 Å². The maximum atomic E-state index is 13.2. The summed E-state index contributed by atoms with van der Waals surface area (Å²) in [5.41, 5.74) is 0.364. The van der Waals surface area contributed by atoms with Crippen molar-refractivity contribution in [2.24, 2.45) is 5.92 Å². The van der Waals surface area contributed by atoms with Gasteiger partial charge >= 0.3 is 0 Å². The fraction of sp³-hybridized carbons (Fsp3) is 0.182. The molecule has 0 aliphatic heterocycles. The lowest BCUT2D eigenvalue weighted by atomic mass is 9.96. The van der Waals surface area contributed by atoms with Gasteiger partial charge in [0.15, 0.2) is 0 Å². The van der Waals surface area contributed by atoms with E-state index in [-0.39, 0.29) is 5.56 Å². The van der Waals surface area contributed by atoms with Crippen molar-refractivity contribution in [3.63, 3.8) is 0 Å². The maximum Gasteiger partial charge on any atom is 0.130 e. The molecule has 0 aliphatic carbocycles. The Hall–Kier alpha value is -1.69. The van der Waals surface area contributed by atoms with Gasteiger partial charge in [0, 0.05) is 5.56 Å². The molecule has 0 fully saturated rings. The molecule has 0 saturated heterocycles. The van der Waals surface area contributed by atoms with Crippen LogP contribution in [-0.2, 0) is 0 Å². The van der Waals surface area contributed by atoms with E-state index in [1.165, 1.54) is 0 Å². The van der Waals surface area contributed by atoms with E-state index in [1.807, 2.05) is 6.07 Å². The Balaban J connectivity index is 3.14. The van der Waals surface area contributed by atoms with Gasteiger partial charge in [-0.1, -0.05) is 6.58 Å². The van der Waals surface area contributed by atoms with Crippen molar-refractivity contribution in [1.29, 1.82) is 5.26 Å². The molecule has 1 nitrogen and oxygen atoms in total. The molecule has 0 amide bonds. The number of nitrogens with zero attached hydrogens (tertiary/aromatic N) is 1. The van der Waals surface area contributed by atoms with Crippen molar-refractivity contribution in [3.8, 4) is 6.07 Å². The van der Waals surface area contributed by atoms with Gasteiger partial charge in [-0.3, -0.25) is 0 Å². The van der Waals surface area contributed by atoms with Crippen molar-refractivity contribution >= 4 is 5.57 Å². The predicted octanol–water partition coefficient (Wildman–Crippen LogP) is 3.14. The zero-order chi connectivity index (χ0) is 10.7. The third-order valence-electron chi connectivity index (χ3n) is 1.99. The van der Waals surface area contributed by atoms with Crippen LogP contribution in [0.1, 0.15) is 12.5 Å². The topological polar surface area (TPSA) is 23.8 Å². The van der Waals surface area contributed by atoms with Crippen LogP contribution in [0.25, 0.3) is 5.57 Å². The van der Waals surface area contributed by atoms with E-state index >= 15 is 0 Å². The van der Waals surface area contributed by atoms with E-state index < -0.39 is 17.6 Å². The molecular formula is C11H9F2N. The first-order valence-corrected chi connectivity index (χ1v) is 4.10. The average molecular weight is 193 g/mol. The highest BCUT2D eigenvalue weighted by Gasteiger charge is 2.12. The molecule has 0 spiro atoms. The van der Waals surface area contributed by atoms with Crippen LogP contribution in [0.2, 0.25) is 0 Å². The Kier molecular flexibility index (Phi) is 2.98. The summed E-state index contributed by atoms with van der Waals surface area (Å²) in [6.07, 6.45) is 0. The molecule has 0 aliphatic rings. The number of rotatable bonds is 2. The largest absolute Gasteiger partial charge is 0.207 e. The molecule has 1 aromatic carbocycles. The fourth-order valence-corrected chi connectivity index (χ4v) is 1.05. The molecule has 72 valence electrons. The summed E-state index contributed by atoms with van der Waals surface area (Å²) in [5, 5.41) is 8.60. The summed E-state index contributed by atoms with van der Waals surface area (Å²) in [6.45, 7) is 5.16. The van der Waals surface area contributed by atoms with Gasteiger partial charge in [-0.25, -0.2) is 8.78 Å². The molecule has 0 saturated carbocycles. The van der Waals surface area contributed by atoms with E-state index in [4.69, 9.17) is 5.26 Å². The van der Waals surface area contributed by atoms with Crippen LogP contribution in [0.15, 0.2) is 24.8 Å². The van der Waals surface area contributed by atoms with Gasteiger partial charge < -0.3 is 0 Å². The molecular weight excluding hydrogens is 184 g/mol. The molecule has 1 atom stereocenters. The molecule has 0 N–H and O–H groups in total. The van der Waals surface area contributed by atoms with E-state index in [0.717, 1.165) is 18.2 Å². The van der Waals surface area contributed by atoms with Gasteiger partial charge in [-0.05, 0) is 30.7 Å². The molecule has 3 heteroatoms. The lowest BCUT2D eigenvalue weighted by Crippen LogP contribution is -1.97. The maximum absolute atomic E-state index is 13.2. The van der Waals surface area contributed by atoms with Gasteiger partial charge in [0.05, 0.1) is 12.0 Å². The predicted molar refractivity (Wildman–Crippen MR) is 50.2 cm³/mol. The van der Waals surface area contributed by atoms with Crippen molar-refractivity contribution in [3.05, 3.63) is 42.0 Å². The minimum Gasteiger partial charge on any atom is -0.207 e. The van der Waals surface area contributed by atoms with Crippen molar-refractivity contribution in [2.45, 2.75) is 6.92 Å². The molecule has 0 heterocycles. The zero-order valence-corrected chi connectivity index (χ0v) is 7.72. The number of nitriles is 1. The van der Waals surface area contributed by atoms with Crippen LogP contribution in [-0.4, -0.2) is 0 Å². The normalized spacial score (nSPS) is 11.9. The van der Waals surface area contributed by atoms with Crippen LogP contribution < -0.4 is 0 Å². The first-order valence-electron chi connectivity index (χ1n) is 4.10. The monoisotopic (exact) mass is 193 g/mol. The second kappa shape index (κ2) is 4.01. The first-order chi connectivity index (χ1) is 6.56. The molecule has 1 rings (SSSR count). The molecule has 0 aromatic heterocycles. The van der Waals surface area contributed by atoms with Crippen LogP contribution in [0.3, 0.4) is 0 Å². The molecule has 0 radical (unpaired) electrons. The summed E-state index contributed by atoms with van der Waals surface area (Å²) < 4.78 is 26.0. The van der Waals surface area contributed by atoms with Crippen LogP contribution >= 0.6 is 0 Å². The lowest BCUT2D eigenvalue weighted by molar-refractivity contribution is 0.595. The lowest BCUT2D eigenvalue weighted by Gasteiger charge is -2.08. The molecule has 0 bridgehead atoms. The van der Waals surface area contributed by atoms with E-state index in [0.29, 0.717) is 5.57 Å². The van der Waals surface area contributed by atoms with Gasteiger partial charge in [0.25, 0.3) is 0 Å². The van der Waals surface area contributed by atoms with Crippen molar-refractivity contribution in [1.82, 2.24) is 0 Å². The summed E-state index contributed by atoms with van der Waals surface area (Å²) in [4.78, 5) is 0. The fourth-order valence-electron chi connectivity index (χ4n) is 1.05. The summed E-state index contributed by atoms with van der Waals surface area (Å²) in [7, 11) is 0. The summed E-state index contributed by atoms with van der Waals surface area (Å²) in [5.74, 6) is -1.61. The van der Waals surface area contributed by atoms with Gasteiger partial charge in [-0.2, -0.15) is 5.26 Å². The Labute approximate surface area is 81.3 Å². The number of benzene rings is 1. The molecule has 1 unspecified atom stereocenters. The highest BCUT2D eigenvalue weighted by Crippen LogP contribution is 2.24. The molecule has 1 aromatic rings. The standard InChI is InChI=1S/C11H9F2N/c1-7(6-14)8(2)10-5-9(12)3-4-11(10)13/h3-5,7H,2H2,1H3. The highest BCUT2D eigenvalue weighted by atomic mass is 19.1.